The van der Waals surface area contributed by atoms with Crippen LogP contribution in [0.2, 0.25) is 0 Å². The van der Waals surface area contributed by atoms with Crippen molar-refractivity contribution >= 4 is 12.2 Å². The molecule has 0 aliphatic heterocycles. The molecule has 0 bridgehead atoms. The Kier molecular flexibility index (Phi) is 5.04. The summed E-state index contributed by atoms with van der Waals surface area (Å²) in [5.74, 6) is 0. The van der Waals surface area contributed by atoms with Crippen molar-refractivity contribution < 1.29 is 0 Å². The molecule has 0 heteroatoms. The van der Waals surface area contributed by atoms with Crippen LogP contribution in [0, 0.1) is 13.8 Å². The van der Waals surface area contributed by atoms with Crippen LogP contribution in [0.1, 0.15) is 55.6 Å². The van der Waals surface area contributed by atoms with Crippen LogP contribution in [0.15, 0.2) is 109 Å². The molecule has 5 aromatic rings. The minimum absolute atomic E-state index is 0.354. The molecule has 2 aliphatic carbocycles. The summed E-state index contributed by atoms with van der Waals surface area (Å²) in [5.41, 5.74) is 15.8. The van der Waals surface area contributed by atoms with Gasteiger partial charge in [-0.15, -0.1) is 0 Å². The lowest BCUT2D eigenvalue weighted by Crippen LogP contribution is -2.28. The highest BCUT2D eigenvalue weighted by Gasteiger charge is 2.45. The van der Waals surface area contributed by atoms with Crippen LogP contribution in [-0.2, 0) is 18.3 Å². The summed E-state index contributed by atoms with van der Waals surface area (Å²) in [4.78, 5) is 0. The van der Waals surface area contributed by atoms with Gasteiger partial charge < -0.3 is 0 Å². The maximum atomic E-state index is 2.42. The predicted octanol–water partition coefficient (Wildman–Crippen LogP) is 8.94. The van der Waals surface area contributed by atoms with Gasteiger partial charge in [0.15, 0.2) is 0 Å². The van der Waals surface area contributed by atoms with Crippen LogP contribution < -0.4 is 0 Å². The van der Waals surface area contributed by atoms with Gasteiger partial charge in [-0.05, 0) is 94.0 Å². The number of hydrogen-bond donors (Lipinski definition) is 0. The summed E-state index contributed by atoms with van der Waals surface area (Å²) in [6.07, 6.45) is 7.02. The van der Waals surface area contributed by atoms with E-state index in [0.29, 0.717) is 0 Å². The standard InChI is InChI=1S/C37H30/c1-25-11-20-31(21-12-25)37(35-9-5-3-7-33(35)34-8-4-6-10-36(34)37)32-22-13-26(2)29(24-32)17-15-27-14-16-28-18-19-30(28)23-27/h3-17,20-24H,18-19H2,1-2H3/b17-15+. The fourth-order valence-corrected chi connectivity index (χ4v) is 6.39. The largest absolute Gasteiger partial charge is 0.0713 e. The van der Waals surface area contributed by atoms with E-state index in [2.05, 4.69) is 135 Å². The van der Waals surface area contributed by atoms with Gasteiger partial charge in [0, 0.05) is 0 Å². The number of fused-ring (bicyclic) bond motifs is 4. The highest BCUT2D eigenvalue weighted by atomic mass is 14.5. The van der Waals surface area contributed by atoms with E-state index in [4.69, 9.17) is 0 Å². The molecule has 0 nitrogen and oxygen atoms in total. The van der Waals surface area contributed by atoms with Gasteiger partial charge in [-0.1, -0.05) is 121 Å². The van der Waals surface area contributed by atoms with E-state index < -0.39 is 0 Å². The molecule has 0 radical (unpaired) electrons. The van der Waals surface area contributed by atoms with Crippen LogP contribution in [0.3, 0.4) is 0 Å². The second kappa shape index (κ2) is 8.46. The topological polar surface area (TPSA) is 0 Å². The SMILES string of the molecule is Cc1ccc(C2(c3ccc(C)c(/C=C/c4ccc5c(c4)CC5)c3)c3ccccc3-c3ccccc32)cc1. The van der Waals surface area contributed by atoms with Gasteiger partial charge in [0.2, 0.25) is 0 Å². The molecule has 0 amide bonds. The lowest BCUT2D eigenvalue weighted by molar-refractivity contribution is 0.767. The average Bonchev–Trinajstić information content (AvgIpc) is 3.21. The second-order valence-electron chi connectivity index (χ2n) is 10.6. The molecule has 0 heterocycles. The minimum Gasteiger partial charge on any atom is -0.0619 e. The summed E-state index contributed by atoms with van der Waals surface area (Å²) < 4.78 is 0. The van der Waals surface area contributed by atoms with Gasteiger partial charge in [-0.3, -0.25) is 0 Å². The zero-order valence-corrected chi connectivity index (χ0v) is 21.5. The first-order valence-electron chi connectivity index (χ1n) is 13.3. The molecule has 0 spiro atoms. The summed E-state index contributed by atoms with van der Waals surface area (Å²) in [7, 11) is 0. The zero-order valence-electron chi connectivity index (χ0n) is 21.5. The van der Waals surface area contributed by atoms with Gasteiger partial charge >= 0.3 is 0 Å². The molecule has 37 heavy (non-hydrogen) atoms. The molecule has 2 aliphatic rings. The number of rotatable bonds is 4. The van der Waals surface area contributed by atoms with Crippen molar-refractivity contribution in [3.8, 4) is 11.1 Å². The highest BCUT2D eigenvalue weighted by Crippen LogP contribution is 2.56. The summed E-state index contributed by atoms with van der Waals surface area (Å²) in [5, 5.41) is 0. The third kappa shape index (κ3) is 3.36. The van der Waals surface area contributed by atoms with E-state index >= 15 is 0 Å². The van der Waals surface area contributed by atoms with Gasteiger partial charge in [0.1, 0.15) is 0 Å². The molecule has 0 aromatic heterocycles. The fourth-order valence-electron chi connectivity index (χ4n) is 6.39. The van der Waals surface area contributed by atoms with E-state index in [9.17, 15) is 0 Å². The summed E-state index contributed by atoms with van der Waals surface area (Å²) in [6.45, 7) is 4.38. The Morgan fingerprint density at radius 1 is 0.568 bits per heavy atom. The molecular weight excluding hydrogens is 444 g/mol. The monoisotopic (exact) mass is 474 g/mol. The molecule has 178 valence electrons. The summed E-state index contributed by atoms with van der Waals surface area (Å²) >= 11 is 0. The fraction of sp³-hybridized carbons (Fsp3) is 0.135. The molecule has 0 N–H and O–H groups in total. The molecular formula is C37H30. The van der Waals surface area contributed by atoms with Crippen molar-refractivity contribution in [3.63, 3.8) is 0 Å². The van der Waals surface area contributed by atoms with E-state index in [1.54, 1.807) is 0 Å². The number of hydrogen-bond acceptors (Lipinski definition) is 0. The van der Waals surface area contributed by atoms with Crippen molar-refractivity contribution in [2.45, 2.75) is 32.1 Å². The molecule has 5 aromatic carbocycles. The Balaban J connectivity index is 1.45. The van der Waals surface area contributed by atoms with Gasteiger partial charge in [-0.2, -0.15) is 0 Å². The first kappa shape index (κ1) is 22.1. The van der Waals surface area contributed by atoms with Crippen LogP contribution >= 0.6 is 0 Å². The van der Waals surface area contributed by atoms with Gasteiger partial charge in [0.05, 0.1) is 5.41 Å². The second-order valence-corrected chi connectivity index (χ2v) is 10.6. The number of benzene rings is 5. The third-order valence-electron chi connectivity index (χ3n) is 8.50. The van der Waals surface area contributed by atoms with Crippen LogP contribution in [0.5, 0.6) is 0 Å². The maximum absolute atomic E-state index is 2.42. The van der Waals surface area contributed by atoms with Crippen LogP contribution in [0.4, 0.5) is 0 Å². The van der Waals surface area contributed by atoms with E-state index in [1.165, 1.54) is 79.6 Å². The average molecular weight is 475 g/mol. The Hall–Kier alpha value is -4.16. The maximum Gasteiger partial charge on any atom is 0.0713 e. The molecule has 0 saturated carbocycles. The smallest absolute Gasteiger partial charge is 0.0619 e. The van der Waals surface area contributed by atoms with Crippen molar-refractivity contribution in [2.75, 3.05) is 0 Å². The Morgan fingerprint density at radius 3 is 1.86 bits per heavy atom. The third-order valence-corrected chi connectivity index (χ3v) is 8.50. The van der Waals surface area contributed by atoms with Gasteiger partial charge in [-0.25, -0.2) is 0 Å². The van der Waals surface area contributed by atoms with Crippen molar-refractivity contribution in [1.82, 2.24) is 0 Å². The lowest BCUT2D eigenvalue weighted by atomic mass is 9.67. The first-order valence-corrected chi connectivity index (χ1v) is 13.3. The first-order chi connectivity index (χ1) is 18.1. The molecule has 0 unspecified atom stereocenters. The predicted molar refractivity (Wildman–Crippen MR) is 156 cm³/mol. The Morgan fingerprint density at radius 2 is 1.22 bits per heavy atom. The van der Waals surface area contributed by atoms with E-state index in [0.717, 1.165) is 0 Å². The molecule has 0 fully saturated rings. The van der Waals surface area contributed by atoms with E-state index in [-0.39, 0.29) is 5.41 Å². The normalized spacial score (nSPS) is 14.6. The molecule has 7 rings (SSSR count). The molecule has 0 atom stereocenters. The van der Waals surface area contributed by atoms with Crippen LogP contribution in [0.25, 0.3) is 23.3 Å². The van der Waals surface area contributed by atoms with Crippen molar-refractivity contribution in [1.29, 1.82) is 0 Å². The number of aryl methyl sites for hydroxylation is 4. The van der Waals surface area contributed by atoms with Gasteiger partial charge in [0.25, 0.3) is 0 Å². The highest BCUT2D eigenvalue weighted by molar-refractivity contribution is 5.86. The quantitative estimate of drug-likeness (QED) is 0.224. The zero-order chi connectivity index (χ0) is 25.0. The molecule has 0 saturated heterocycles. The Bertz CT molecular complexity index is 1630. The summed E-state index contributed by atoms with van der Waals surface area (Å²) in [6, 6.07) is 41.0. The Labute approximate surface area is 220 Å². The van der Waals surface area contributed by atoms with E-state index in [1.807, 2.05) is 0 Å². The van der Waals surface area contributed by atoms with Crippen LogP contribution in [-0.4, -0.2) is 0 Å². The van der Waals surface area contributed by atoms with Crippen molar-refractivity contribution in [3.05, 3.63) is 165 Å². The lowest BCUT2D eigenvalue weighted by Gasteiger charge is -2.34. The van der Waals surface area contributed by atoms with Crippen molar-refractivity contribution in [2.24, 2.45) is 0 Å². The minimum atomic E-state index is -0.354.